The molecule has 33 heavy (non-hydrogen) atoms. The Bertz CT molecular complexity index is 1180. The number of carbonyl (C=O) groups excluding carboxylic acids is 1. The highest BCUT2D eigenvalue weighted by molar-refractivity contribution is 5.94. The van der Waals surface area contributed by atoms with Gasteiger partial charge in [-0.1, -0.05) is 67.6 Å². The summed E-state index contributed by atoms with van der Waals surface area (Å²) in [5.74, 6) is -0.425. The quantitative estimate of drug-likeness (QED) is 0.529. The third-order valence-electron chi connectivity index (χ3n) is 7.78. The number of rotatable bonds is 5. The minimum Gasteiger partial charge on any atom is -0.466 e. The Morgan fingerprint density at radius 1 is 1.24 bits per heavy atom. The summed E-state index contributed by atoms with van der Waals surface area (Å²) in [4.78, 5) is 15.5. The summed E-state index contributed by atoms with van der Waals surface area (Å²) in [6.45, 7) is 7.11. The maximum atomic E-state index is 13.2. The molecule has 3 aliphatic rings. The van der Waals surface area contributed by atoms with Crippen LogP contribution in [-0.4, -0.2) is 30.1 Å². The Kier molecular flexibility index (Phi) is 5.34. The van der Waals surface area contributed by atoms with Crippen molar-refractivity contribution >= 4 is 11.7 Å². The van der Waals surface area contributed by atoms with E-state index in [0.717, 1.165) is 29.8 Å². The Hall–Kier alpha value is -3.36. The van der Waals surface area contributed by atoms with Gasteiger partial charge in [0.25, 0.3) is 0 Å². The van der Waals surface area contributed by atoms with E-state index < -0.39 is 5.41 Å². The summed E-state index contributed by atoms with van der Waals surface area (Å²) in [6.07, 6.45) is 2.17. The van der Waals surface area contributed by atoms with Gasteiger partial charge in [0.05, 0.1) is 30.2 Å². The van der Waals surface area contributed by atoms with Crippen molar-refractivity contribution in [2.75, 3.05) is 12.4 Å². The zero-order valence-electron chi connectivity index (χ0n) is 19.2. The molecule has 1 N–H and O–H groups in total. The van der Waals surface area contributed by atoms with E-state index >= 15 is 0 Å². The molecule has 0 bridgehead atoms. The molecule has 1 aliphatic carbocycles. The molecule has 2 aromatic carbocycles. The molecule has 0 aromatic heterocycles. The molecule has 2 aromatic rings. The van der Waals surface area contributed by atoms with Crippen LogP contribution >= 0.6 is 0 Å². The van der Waals surface area contributed by atoms with Crippen LogP contribution in [0.15, 0.2) is 78.0 Å². The summed E-state index contributed by atoms with van der Waals surface area (Å²) in [5, 5.41) is 13.8. The first-order chi connectivity index (χ1) is 16.0. The fourth-order valence-corrected chi connectivity index (χ4v) is 6.24. The number of benzene rings is 2. The number of esters is 1. The molecule has 0 unspecified atom stereocenters. The second-order valence-corrected chi connectivity index (χ2v) is 9.25. The smallest absolute Gasteiger partial charge is 0.336 e. The molecule has 0 radical (unpaired) electrons. The first kappa shape index (κ1) is 21.5. The van der Waals surface area contributed by atoms with E-state index in [2.05, 4.69) is 54.1 Å². The fourth-order valence-electron chi connectivity index (χ4n) is 6.24. The van der Waals surface area contributed by atoms with Crippen molar-refractivity contribution in [1.82, 2.24) is 4.90 Å². The van der Waals surface area contributed by atoms with Gasteiger partial charge >= 0.3 is 5.97 Å². The second kappa shape index (κ2) is 8.20. The third kappa shape index (κ3) is 3.13. The van der Waals surface area contributed by atoms with Crippen LogP contribution in [0.3, 0.4) is 0 Å². The lowest BCUT2D eigenvalue weighted by molar-refractivity contribution is -0.137. The number of nitrogens with zero attached hydrogens (tertiary/aromatic N) is 2. The molecule has 1 saturated heterocycles. The number of fused-ring (bicyclic) bond motifs is 1. The highest BCUT2D eigenvalue weighted by atomic mass is 16.5. The van der Waals surface area contributed by atoms with Gasteiger partial charge in [-0.2, -0.15) is 5.26 Å². The van der Waals surface area contributed by atoms with Gasteiger partial charge in [0, 0.05) is 29.9 Å². The number of nitriles is 1. The Labute approximate surface area is 195 Å². The van der Waals surface area contributed by atoms with E-state index in [1.54, 1.807) is 0 Å². The lowest BCUT2D eigenvalue weighted by Crippen LogP contribution is -2.49. The summed E-state index contributed by atoms with van der Waals surface area (Å²) < 4.78 is 5.29. The molecule has 5 nitrogen and oxygen atoms in total. The van der Waals surface area contributed by atoms with E-state index in [-0.39, 0.29) is 24.0 Å². The number of methoxy groups -OCH3 is 1. The monoisotopic (exact) mass is 439 g/mol. The zero-order valence-corrected chi connectivity index (χ0v) is 19.2. The van der Waals surface area contributed by atoms with Gasteiger partial charge in [0.2, 0.25) is 0 Å². The number of hydrogen-bond donors (Lipinski definition) is 1. The second-order valence-electron chi connectivity index (χ2n) is 9.25. The number of likely N-dealkylation sites (tertiary alicyclic amines) is 1. The predicted molar refractivity (Wildman–Crippen MR) is 128 cm³/mol. The lowest BCUT2D eigenvalue weighted by Gasteiger charge is -2.44. The minimum absolute atomic E-state index is 0.0650. The van der Waals surface area contributed by atoms with Gasteiger partial charge in [0.15, 0.2) is 0 Å². The van der Waals surface area contributed by atoms with Crippen molar-refractivity contribution < 1.29 is 9.53 Å². The Morgan fingerprint density at radius 3 is 2.67 bits per heavy atom. The number of para-hydroxylation sites is 1. The molecule has 2 aliphatic heterocycles. The lowest BCUT2D eigenvalue weighted by atomic mass is 9.63. The van der Waals surface area contributed by atoms with Crippen LogP contribution in [0.4, 0.5) is 5.69 Å². The molecule has 1 fully saturated rings. The maximum absolute atomic E-state index is 13.2. The van der Waals surface area contributed by atoms with Gasteiger partial charge in [-0.15, -0.1) is 0 Å². The van der Waals surface area contributed by atoms with Crippen LogP contribution in [0, 0.1) is 17.2 Å². The van der Waals surface area contributed by atoms with Crippen molar-refractivity contribution in [2.45, 2.75) is 50.2 Å². The number of allylic oxidation sites excluding steroid dienone is 1. The van der Waals surface area contributed by atoms with Crippen molar-refractivity contribution in [2.24, 2.45) is 5.92 Å². The zero-order chi connectivity index (χ0) is 23.2. The van der Waals surface area contributed by atoms with Crippen LogP contribution in [0.25, 0.3) is 0 Å². The third-order valence-corrected chi connectivity index (χ3v) is 7.78. The van der Waals surface area contributed by atoms with Gasteiger partial charge < -0.3 is 10.1 Å². The summed E-state index contributed by atoms with van der Waals surface area (Å²) >= 11 is 0. The number of ether oxygens (including phenoxy) is 1. The largest absolute Gasteiger partial charge is 0.466 e. The Morgan fingerprint density at radius 2 is 1.97 bits per heavy atom. The normalized spacial score (nSPS) is 27.7. The summed E-state index contributed by atoms with van der Waals surface area (Å²) in [6, 6.07) is 21.0. The van der Waals surface area contributed by atoms with Gasteiger partial charge in [-0.3, -0.25) is 4.90 Å². The molecule has 0 saturated carbocycles. The van der Waals surface area contributed by atoms with Gasteiger partial charge in [0.1, 0.15) is 0 Å². The molecule has 2 heterocycles. The van der Waals surface area contributed by atoms with E-state index in [1.165, 1.54) is 18.2 Å². The van der Waals surface area contributed by atoms with Gasteiger partial charge in [-0.05, 0) is 36.5 Å². The molecular formula is C28H29N3O2. The first-order valence-corrected chi connectivity index (χ1v) is 11.6. The number of nitrogens with one attached hydrogen (secondary N) is 1. The van der Waals surface area contributed by atoms with Crippen molar-refractivity contribution in [3.63, 3.8) is 0 Å². The molecule has 4 atom stereocenters. The van der Waals surface area contributed by atoms with E-state index in [0.29, 0.717) is 18.5 Å². The van der Waals surface area contributed by atoms with Gasteiger partial charge in [-0.25, -0.2) is 4.79 Å². The van der Waals surface area contributed by atoms with E-state index in [9.17, 15) is 10.1 Å². The molecule has 0 amide bonds. The van der Waals surface area contributed by atoms with Crippen LogP contribution in [0.1, 0.15) is 37.3 Å². The minimum atomic E-state index is -0.445. The highest BCUT2D eigenvalue weighted by Gasteiger charge is 2.62. The number of hydrogen-bond acceptors (Lipinski definition) is 5. The van der Waals surface area contributed by atoms with Crippen LogP contribution in [-0.2, 0) is 21.5 Å². The molecule has 168 valence electrons. The maximum Gasteiger partial charge on any atom is 0.336 e. The fraction of sp³-hybridized carbons (Fsp3) is 0.357. The summed E-state index contributed by atoms with van der Waals surface area (Å²) in [7, 11) is 1.44. The molecule has 1 spiro atoms. The molecule has 5 rings (SSSR count). The summed E-state index contributed by atoms with van der Waals surface area (Å²) in [5.41, 5.74) is 5.53. The van der Waals surface area contributed by atoms with Crippen LogP contribution in [0.2, 0.25) is 0 Å². The van der Waals surface area contributed by atoms with Crippen LogP contribution in [0.5, 0.6) is 0 Å². The SMILES string of the molecule is C=C(CC)[C@@H]1C[C@@H]2N(Cc3ccccc3)[C@H](C#N)C[C@]23C(=C1C(=O)OC)Nc1ccccc13. The first-order valence-electron chi connectivity index (χ1n) is 11.6. The number of anilines is 1. The Balaban J connectivity index is 1.73. The average molecular weight is 440 g/mol. The highest BCUT2D eigenvalue weighted by Crippen LogP contribution is 2.61. The van der Waals surface area contributed by atoms with E-state index in [4.69, 9.17) is 4.74 Å². The van der Waals surface area contributed by atoms with Crippen molar-refractivity contribution in [3.8, 4) is 6.07 Å². The average Bonchev–Trinajstić information content (AvgIpc) is 3.36. The van der Waals surface area contributed by atoms with Crippen LogP contribution < -0.4 is 5.32 Å². The molecule has 5 heteroatoms. The van der Waals surface area contributed by atoms with E-state index in [1.807, 2.05) is 30.3 Å². The van der Waals surface area contributed by atoms with Crippen molar-refractivity contribution in [3.05, 3.63) is 89.1 Å². The standard InChI is InChI=1S/C28H29N3O2/c1-4-18(2)21-14-24-28(15-20(16-29)31(24)17-19-10-6-5-7-11-19)22-12-8-9-13-23(22)30-26(28)25(21)27(32)33-3/h5-13,20-21,24,30H,2,4,14-15,17H2,1,3H3/t20-,21-,24-,28+/m0/s1. The predicted octanol–water partition coefficient (Wildman–Crippen LogP) is 4.93. The topological polar surface area (TPSA) is 65.4 Å². The number of carbonyl (C=O) groups is 1. The molecular weight excluding hydrogens is 410 g/mol. The van der Waals surface area contributed by atoms with Crippen molar-refractivity contribution in [1.29, 1.82) is 5.26 Å².